The normalized spacial score (nSPS) is 17.0. The van der Waals surface area contributed by atoms with Crippen molar-refractivity contribution in [3.05, 3.63) is 63.4 Å². The van der Waals surface area contributed by atoms with Gasteiger partial charge in [-0.05, 0) is 42.5 Å². The number of pyridine rings is 1. The number of amides is 1. The highest BCUT2D eigenvalue weighted by Gasteiger charge is 2.33. The first-order valence-corrected chi connectivity index (χ1v) is 9.59. The molecule has 2 aromatic rings. The van der Waals surface area contributed by atoms with Gasteiger partial charge < -0.3 is 10.0 Å². The van der Waals surface area contributed by atoms with Crippen molar-refractivity contribution in [3.63, 3.8) is 0 Å². The van der Waals surface area contributed by atoms with E-state index in [4.69, 9.17) is 23.2 Å². The Labute approximate surface area is 163 Å². The largest absolute Gasteiger partial charge is 0.386 e. The van der Waals surface area contributed by atoms with Crippen molar-refractivity contribution < 1.29 is 9.90 Å². The highest BCUT2D eigenvalue weighted by molar-refractivity contribution is 6.42. The summed E-state index contributed by atoms with van der Waals surface area (Å²) >= 11 is 12.4. The molecule has 138 valence electrons. The minimum absolute atomic E-state index is 0.0539. The van der Waals surface area contributed by atoms with E-state index in [0.717, 1.165) is 17.5 Å². The zero-order chi connectivity index (χ0) is 18.7. The van der Waals surface area contributed by atoms with Crippen LogP contribution in [0.4, 0.5) is 0 Å². The Morgan fingerprint density at radius 1 is 1.35 bits per heavy atom. The smallest absolute Gasteiger partial charge is 0.226 e. The second-order valence-electron chi connectivity index (χ2n) is 6.69. The van der Waals surface area contributed by atoms with E-state index in [0.29, 0.717) is 35.0 Å². The topological polar surface area (TPSA) is 53.4 Å². The molecule has 1 aliphatic rings. The van der Waals surface area contributed by atoms with Crippen LogP contribution in [-0.4, -0.2) is 34.0 Å². The third-order valence-electron chi connectivity index (χ3n) is 4.83. The average molecular weight is 393 g/mol. The predicted octanol–water partition coefficient (Wildman–Crippen LogP) is 4.08. The first-order valence-electron chi connectivity index (χ1n) is 8.83. The van der Waals surface area contributed by atoms with Crippen molar-refractivity contribution in [2.24, 2.45) is 5.92 Å². The quantitative estimate of drug-likeness (QED) is 0.805. The number of aliphatic hydroxyl groups is 1. The minimum Gasteiger partial charge on any atom is -0.386 e. The molecule has 1 aliphatic carbocycles. The third-order valence-corrected chi connectivity index (χ3v) is 5.67. The molecule has 6 heteroatoms. The lowest BCUT2D eigenvalue weighted by Crippen LogP contribution is -2.39. The second kappa shape index (κ2) is 8.38. The molecule has 1 N–H and O–H groups in total. The van der Waals surface area contributed by atoms with Gasteiger partial charge in [0.1, 0.15) is 0 Å². The zero-order valence-corrected chi connectivity index (χ0v) is 16.2. The van der Waals surface area contributed by atoms with Crippen LogP contribution in [0.2, 0.25) is 10.0 Å². The van der Waals surface area contributed by atoms with Crippen LogP contribution in [-0.2, 0) is 17.6 Å². The molecule has 0 saturated carbocycles. The second-order valence-corrected chi connectivity index (χ2v) is 7.48. The van der Waals surface area contributed by atoms with Crippen molar-refractivity contribution in [1.29, 1.82) is 0 Å². The molecule has 0 spiro atoms. The van der Waals surface area contributed by atoms with Crippen LogP contribution in [0, 0.1) is 5.92 Å². The predicted molar refractivity (Wildman–Crippen MR) is 103 cm³/mol. The van der Waals surface area contributed by atoms with Gasteiger partial charge in [0, 0.05) is 30.4 Å². The Balaban J connectivity index is 1.73. The molecular formula is C20H22Cl2N2O2. The van der Waals surface area contributed by atoms with Crippen LogP contribution >= 0.6 is 23.2 Å². The number of aromatic nitrogens is 1. The molecular weight excluding hydrogens is 371 g/mol. The number of nitrogens with zero attached hydrogens (tertiary/aromatic N) is 2. The van der Waals surface area contributed by atoms with Gasteiger partial charge >= 0.3 is 0 Å². The van der Waals surface area contributed by atoms with Crippen molar-refractivity contribution in [3.8, 4) is 0 Å². The number of benzene rings is 1. The van der Waals surface area contributed by atoms with E-state index in [2.05, 4.69) is 4.98 Å². The molecule has 0 saturated heterocycles. The van der Waals surface area contributed by atoms with Gasteiger partial charge in [0.2, 0.25) is 5.91 Å². The fourth-order valence-electron chi connectivity index (χ4n) is 3.51. The number of rotatable bonds is 6. The Bertz CT molecular complexity index is 783. The molecule has 0 fully saturated rings. The molecule has 1 aromatic carbocycles. The highest BCUT2D eigenvalue weighted by Crippen LogP contribution is 2.37. The summed E-state index contributed by atoms with van der Waals surface area (Å²) in [5.41, 5.74) is 2.77. The van der Waals surface area contributed by atoms with Crippen LogP contribution in [0.1, 0.15) is 36.1 Å². The van der Waals surface area contributed by atoms with Crippen molar-refractivity contribution in [2.45, 2.75) is 32.3 Å². The van der Waals surface area contributed by atoms with E-state index in [1.165, 1.54) is 0 Å². The van der Waals surface area contributed by atoms with E-state index in [1.54, 1.807) is 29.4 Å². The molecule has 0 bridgehead atoms. The van der Waals surface area contributed by atoms with Crippen LogP contribution in [0.25, 0.3) is 0 Å². The minimum atomic E-state index is -0.749. The number of halogens is 2. The molecule has 2 unspecified atom stereocenters. The van der Waals surface area contributed by atoms with Gasteiger partial charge in [-0.3, -0.25) is 9.78 Å². The SMILES string of the molecule is CCCN(CC(O)c1cccnc1)C(=O)C1Cc2ccc(Cl)c(Cl)c2C1. The molecule has 2 atom stereocenters. The summed E-state index contributed by atoms with van der Waals surface area (Å²) in [5.74, 6) is -0.105. The van der Waals surface area contributed by atoms with Crippen LogP contribution in [0.15, 0.2) is 36.7 Å². The van der Waals surface area contributed by atoms with E-state index >= 15 is 0 Å². The van der Waals surface area contributed by atoms with Gasteiger partial charge in [-0.1, -0.05) is 42.3 Å². The monoisotopic (exact) mass is 392 g/mol. The van der Waals surface area contributed by atoms with E-state index in [1.807, 2.05) is 19.1 Å². The van der Waals surface area contributed by atoms with Crippen LogP contribution in [0.3, 0.4) is 0 Å². The lowest BCUT2D eigenvalue weighted by molar-refractivity contribution is -0.136. The van der Waals surface area contributed by atoms with Gasteiger partial charge in [-0.25, -0.2) is 0 Å². The average Bonchev–Trinajstić information content (AvgIpc) is 3.09. The molecule has 26 heavy (non-hydrogen) atoms. The maximum atomic E-state index is 13.1. The van der Waals surface area contributed by atoms with Gasteiger partial charge in [-0.2, -0.15) is 0 Å². The maximum absolute atomic E-state index is 13.1. The number of hydrogen-bond donors (Lipinski definition) is 1. The summed E-state index contributed by atoms with van der Waals surface area (Å²) in [6, 6.07) is 7.33. The van der Waals surface area contributed by atoms with Gasteiger partial charge in [-0.15, -0.1) is 0 Å². The van der Waals surface area contributed by atoms with Crippen LogP contribution < -0.4 is 0 Å². The molecule has 1 aromatic heterocycles. The summed E-state index contributed by atoms with van der Waals surface area (Å²) in [4.78, 5) is 18.9. The van der Waals surface area contributed by atoms with Crippen molar-refractivity contribution in [1.82, 2.24) is 9.88 Å². The third kappa shape index (κ3) is 4.03. The van der Waals surface area contributed by atoms with E-state index in [-0.39, 0.29) is 18.4 Å². The summed E-state index contributed by atoms with van der Waals surface area (Å²) in [5, 5.41) is 11.6. The Morgan fingerprint density at radius 2 is 2.15 bits per heavy atom. The molecule has 0 radical (unpaired) electrons. The lowest BCUT2D eigenvalue weighted by atomic mass is 10.0. The Morgan fingerprint density at radius 3 is 2.85 bits per heavy atom. The lowest BCUT2D eigenvalue weighted by Gasteiger charge is -2.27. The van der Waals surface area contributed by atoms with Crippen LogP contribution in [0.5, 0.6) is 0 Å². The molecule has 0 aliphatic heterocycles. The molecule has 1 amide bonds. The summed E-state index contributed by atoms with van der Waals surface area (Å²) in [6.07, 6.45) is 4.63. The van der Waals surface area contributed by atoms with Crippen molar-refractivity contribution >= 4 is 29.1 Å². The van der Waals surface area contributed by atoms with Gasteiger partial charge in [0.15, 0.2) is 0 Å². The van der Waals surface area contributed by atoms with Gasteiger partial charge in [0.05, 0.1) is 22.7 Å². The first-order chi connectivity index (χ1) is 12.5. The summed E-state index contributed by atoms with van der Waals surface area (Å²) in [6.45, 7) is 2.90. The first kappa shape index (κ1) is 19.2. The number of carbonyl (C=O) groups excluding carboxylic acids is 1. The standard InChI is InChI=1S/C20H22Cl2N2O2/c1-2-8-24(12-18(25)14-4-3-7-23-11-14)20(26)15-9-13-5-6-17(21)19(22)16(13)10-15/h3-7,11,15,18,25H,2,8-10,12H2,1H3. The number of hydrogen-bond acceptors (Lipinski definition) is 3. The molecule has 1 heterocycles. The van der Waals surface area contributed by atoms with Crippen molar-refractivity contribution in [2.75, 3.05) is 13.1 Å². The number of aliphatic hydroxyl groups excluding tert-OH is 1. The fraction of sp³-hybridized carbons (Fsp3) is 0.400. The maximum Gasteiger partial charge on any atom is 0.226 e. The van der Waals surface area contributed by atoms with Gasteiger partial charge in [0.25, 0.3) is 0 Å². The zero-order valence-electron chi connectivity index (χ0n) is 14.7. The number of fused-ring (bicyclic) bond motifs is 1. The number of carbonyl (C=O) groups is 1. The van der Waals surface area contributed by atoms with E-state index < -0.39 is 6.10 Å². The Kier molecular flexibility index (Phi) is 6.17. The highest BCUT2D eigenvalue weighted by atomic mass is 35.5. The Hall–Kier alpha value is -1.62. The molecule has 3 rings (SSSR count). The van der Waals surface area contributed by atoms with E-state index in [9.17, 15) is 9.90 Å². The molecule has 4 nitrogen and oxygen atoms in total. The fourth-order valence-corrected chi connectivity index (χ4v) is 3.95. The summed E-state index contributed by atoms with van der Waals surface area (Å²) < 4.78 is 0. The summed E-state index contributed by atoms with van der Waals surface area (Å²) in [7, 11) is 0.